The van der Waals surface area contributed by atoms with Crippen LogP contribution in [0, 0.1) is 11.8 Å². The maximum Gasteiger partial charge on any atom is 0.227 e. The molecule has 3 saturated heterocycles. The van der Waals surface area contributed by atoms with Crippen molar-refractivity contribution >= 4 is 5.91 Å². The number of piperidine rings is 3. The van der Waals surface area contributed by atoms with Crippen molar-refractivity contribution in [3.05, 3.63) is 102 Å². The van der Waals surface area contributed by atoms with Crippen LogP contribution in [-0.4, -0.2) is 61.1 Å². The highest BCUT2D eigenvalue weighted by Gasteiger charge is 2.52. The van der Waals surface area contributed by atoms with Crippen molar-refractivity contribution in [2.24, 2.45) is 11.8 Å². The number of nitrogens with zero attached hydrogens (tertiary/aromatic N) is 2. The van der Waals surface area contributed by atoms with Crippen LogP contribution >= 0.6 is 0 Å². The van der Waals surface area contributed by atoms with Crippen LogP contribution < -0.4 is 10.1 Å². The summed E-state index contributed by atoms with van der Waals surface area (Å²) >= 11 is 0. The number of amides is 1. The van der Waals surface area contributed by atoms with Gasteiger partial charge in [-0.05, 0) is 61.6 Å². The van der Waals surface area contributed by atoms with E-state index in [0.717, 1.165) is 44.9 Å². The van der Waals surface area contributed by atoms with E-state index in [9.17, 15) is 4.79 Å². The molecule has 0 radical (unpaired) electrons. The van der Waals surface area contributed by atoms with Gasteiger partial charge in [0.15, 0.2) is 0 Å². The summed E-state index contributed by atoms with van der Waals surface area (Å²) in [4.78, 5) is 18.3. The van der Waals surface area contributed by atoms with E-state index in [4.69, 9.17) is 4.74 Å². The molecule has 1 N–H and O–H groups in total. The van der Waals surface area contributed by atoms with Crippen molar-refractivity contribution in [3.63, 3.8) is 0 Å². The second kappa shape index (κ2) is 12.1. The lowest BCUT2D eigenvalue weighted by atomic mass is 9.66. The molecule has 200 valence electrons. The number of nitrogens with one attached hydrogen (secondary N) is 1. The number of hydrogen-bond acceptors (Lipinski definition) is 4. The number of methoxy groups -OCH3 is 1. The van der Waals surface area contributed by atoms with Crippen LogP contribution in [0.5, 0.6) is 5.75 Å². The summed E-state index contributed by atoms with van der Waals surface area (Å²) in [7, 11) is 1.70. The van der Waals surface area contributed by atoms with Gasteiger partial charge in [-0.2, -0.15) is 0 Å². The van der Waals surface area contributed by atoms with Crippen LogP contribution in [0.1, 0.15) is 42.9 Å². The van der Waals surface area contributed by atoms with Gasteiger partial charge in [0.25, 0.3) is 0 Å². The predicted octanol–water partition coefficient (Wildman–Crippen LogP) is 5.17. The summed E-state index contributed by atoms with van der Waals surface area (Å²) in [5.41, 5.74) is 3.89. The number of ether oxygens (including phenoxy) is 1. The minimum absolute atomic E-state index is 0.0282. The zero-order chi connectivity index (χ0) is 26.5. The molecule has 5 atom stereocenters. The molecule has 5 nitrogen and oxygen atoms in total. The summed E-state index contributed by atoms with van der Waals surface area (Å²) < 4.78 is 5.37. The first-order valence-electron chi connectivity index (χ1n) is 14.1. The monoisotopic (exact) mass is 511 g/mol. The topological polar surface area (TPSA) is 44.8 Å². The first-order valence-corrected chi connectivity index (χ1v) is 14.1. The van der Waals surface area contributed by atoms with Crippen molar-refractivity contribution in [2.75, 3.05) is 33.3 Å². The number of carbonyl (C=O) groups is 1. The number of carbonyl (C=O) groups excluding carboxylic acids is 1. The average molecular weight is 512 g/mol. The molecule has 0 aromatic heterocycles. The normalized spacial score (nSPS) is 24.4. The second-order valence-electron chi connectivity index (χ2n) is 10.6. The lowest BCUT2D eigenvalue weighted by Gasteiger charge is -2.57. The molecule has 0 saturated carbocycles. The molecular formula is C33H41N3O2. The number of benzene rings is 3. The van der Waals surface area contributed by atoms with Gasteiger partial charge in [0, 0.05) is 44.2 Å². The van der Waals surface area contributed by atoms with Gasteiger partial charge >= 0.3 is 0 Å². The molecule has 5 heteroatoms. The number of fused-ring (bicyclic) bond motifs is 3. The van der Waals surface area contributed by atoms with Crippen LogP contribution in [0.4, 0.5) is 0 Å². The minimum atomic E-state index is 0.0282. The standard InChI is InChI=1S/C33H41N3O2/c1-4-35(5-2)33(37)29-23-36-21-20-28(29)31(34-22-24-16-18-27(38-3)19-17-24)32(36)30(25-12-8-6-9-13-25)26-14-10-7-11-15-26/h6-19,28-32,34H,4-5,20-23H2,1-3H3/t28-,29-,31-,32+/m0/s1. The Bertz CT molecular complexity index is 1120. The van der Waals surface area contributed by atoms with Crippen molar-refractivity contribution < 1.29 is 9.53 Å². The van der Waals surface area contributed by atoms with Gasteiger partial charge in [-0.3, -0.25) is 9.69 Å². The summed E-state index contributed by atoms with van der Waals surface area (Å²) in [6, 6.07) is 30.6. The maximum atomic E-state index is 13.7. The van der Waals surface area contributed by atoms with Crippen molar-refractivity contribution in [2.45, 2.75) is 44.8 Å². The first-order chi connectivity index (χ1) is 18.6. The third-order valence-corrected chi connectivity index (χ3v) is 8.70. The van der Waals surface area contributed by atoms with Crippen molar-refractivity contribution in [1.29, 1.82) is 0 Å². The maximum absolute atomic E-state index is 13.7. The van der Waals surface area contributed by atoms with E-state index < -0.39 is 0 Å². The molecule has 38 heavy (non-hydrogen) atoms. The van der Waals surface area contributed by atoms with Gasteiger partial charge in [-0.15, -0.1) is 0 Å². The van der Waals surface area contributed by atoms with Crippen LogP contribution in [0.2, 0.25) is 0 Å². The largest absolute Gasteiger partial charge is 0.497 e. The van der Waals surface area contributed by atoms with Gasteiger partial charge in [-0.1, -0.05) is 72.8 Å². The number of hydrogen-bond donors (Lipinski definition) is 1. The highest BCUT2D eigenvalue weighted by molar-refractivity contribution is 5.80. The molecule has 1 unspecified atom stereocenters. The molecule has 2 bridgehead atoms. The Labute approximate surface area is 227 Å². The average Bonchev–Trinajstić information content (AvgIpc) is 2.99. The van der Waals surface area contributed by atoms with E-state index in [-0.39, 0.29) is 23.9 Å². The lowest BCUT2D eigenvalue weighted by Crippen LogP contribution is -2.69. The smallest absolute Gasteiger partial charge is 0.227 e. The van der Waals surface area contributed by atoms with Crippen LogP contribution in [0.3, 0.4) is 0 Å². The van der Waals surface area contributed by atoms with Gasteiger partial charge in [-0.25, -0.2) is 0 Å². The minimum Gasteiger partial charge on any atom is -0.497 e. The van der Waals surface area contributed by atoms with Gasteiger partial charge in [0.05, 0.1) is 13.0 Å². The highest BCUT2D eigenvalue weighted by atomic mass is 16.5. The fourth-order valence-corrected chi connectivity index (χ4v) is 6.78. The fraction of sp³-hybridized carbons (Fsp3) is 0.424. The third-order valence-electron chi connectivity index (χ3n) is 8.70. The first kappa shape index (κ1) is 26.5. The quantitative estimate of drug-likeness (QED) is 0.408. The van der Waals surface area contributed by atoms with Gasteiger partial charge in [0.1, 0.15) is 5.75 Å². The van der Waals surface area contributed by atoms with E-state index in [1.54, 1.807) is 7.11 Å². The van der Waals surface area contributed by atoms with E-state index >= 15 is 0 Å². The Balaban J connectivity index is 1.52. The molecule has 3 heterocycles. The molecular weight excluding hydrogens is 470 g/mol. The molecule has 3 fully saturated rings. The van der Waals surface area contributed by atoms with Crippen LogP contribution in [0.25, 0.3) is 0 Å². The van der Waals surface area contributed by atoms with Crippen molar-refractivity contribution in [3.8, 4) is 5.75 Å². The van der Waals surface area contributed by atoms with E-state index in [1.165, 1.54) is 16.7 Å². The highest BCUT2D eigenvalue weighted by Crippen LogP contribution is 2.45. The third kappa shape index (κ3) is 5.36. The summed E-state index contributed by atoms with van der Waals surface area (Å²) in [5, 5.41) is 3.98. The molecule has 0 aliphatic carbocycles. The van der Waals surface area contributed by atoms with Crippen LogP contribution in [-0.2, 0) is 11.3 Å². The molecule has 6 rings (SSSR count). The van der Waals surface area contributed by atoms with Crippen molar-refractivity contribution in [1.82, 2.24) is 15.1 Å². The summed E-state index contributed by atoms with van der Waals surface area (Å²) in [5.74, 6) is 1.73. The Morgan fingerprint density at radius 2 is 1.55 bits per heavy atom. The molecule has 3 aromatic carbocycles. The summed E-state index contributed by atoms with van der Waals surface area (Å²) in [6.45, 7) is 8.34. The molecule has 1 amide bonds. The van der Waals surface area contributed by atoms with Gasteiger partial charge < -0.3 is 15.0 Å². The molecule has 0 spiro atoms. The Morgan fingerprint density at radius 3 is 2.11 bits per heavy atom. The Hall–Kier alpha value is -3.15. The Morgan fingerprint density at radius 1 is 0.947 bits per heavy atom. The fourth-order valence-electron chi connectivity index (χ4n) is 6.78. The zero-order valence-corrected chi connectivity index (χ0v) is 22.9. The van der Waals surface area contributed by atoms with E-state index in [1.807, 2.05) is 17.0 Å². The van der Waals surface area contributed by atoms with E-state index in [0.29, 0.717) is 11.8 Å². The number of rotatable bonds is 10. The SMILES string of the molecule is CCN(CC)C(=O)[C@H]1CN2CC[C@@H]1[C@H](NCc1ccc(OC)cc1)[C@H]2C(c1ccccc1)c1ccccc1. The second-order valence-corrected chi connectivity index (χ2v) is 10.6. The van der Waals surface area contributed by atoms with E-state index in [2.05, 4.69) is 96.9 Å². The van der Waals surface area contributed by atoms with Gasteiger partial charge in [0.2, 0.25) is 5.91 Å². The molecule has 3 aromatic rings. The lowest BCUT2D eigenvalue weighted by molar-refractivity contribution is -0.145. The predicted molar refractivity (Wildman–Crippen MR) is 153 cm³/mol. The molecule has 3 aliphatic heterocycles. The zero-order valence-electron chi connectivity index (χ0n) is 22.9. The van der Waals surface area contributed by atoms with Crippen LogP contribution in [0.15, 0.2) is 84.9 Å². The Kier molecular flexibility index (Phi) is 8.45. The molecule has 3 aliphatic rings. The summed E-state index contributed by atoms with van der Waals surface area (Å²) in [6.07, 6.45) is 1.05.